The van der Waals surface area contributed by atoms with E-state index in [4.69, 9.17) is 24.7 Å². The van der Waals surface area contributed by atoms with Gasteiger partial charge in [-0.3, -0.25) is 9.78 Å². The van der Waals surface area contributed by atoms with E-state index in [1.165, 1.54) is 32.5 Å². The van der Waals surface area contributed by atoms with Gasteiger partial charge in [0.1, 0.15) is 12.6 Å². The van der Waals surface area contributed by atoms with Crippen molar-refractivity contribution < 1.29 is 102 Å². The second kappa shape index (κ2) is 27.2. The predicted molar refractivity (Wildman–Crippen MR) is 223 cm³/mol. The number of nitrogens with two attached hydrogens (primary N) is 1. The molecule has 0 saturated carbocycles. The molecular weight excluding hydrogens is 862 g/mol. The van der Waals surface area contributed by atoms with Crippen molar-refractivity contribution in [2.75, 3.05) is 7.05 Å². The number of phosphoric acid groups is 1. The van der Waals surface area contributed by atoms with Crippen LogP contribution in [0.2, 0.25) is 0 Å². The van der Waals surface area contributed by atoms with Crippen LogP contribution in [0.1, 0.15) is 86.5 Å². The minimum Gasteiger partial charge on any atom is -0.790 e. The number of hydrogen-bond donors (Lipinski definition) is 2. The van der Waals surface area contributed by atoms with Crippen LogP contribution < -0.4 is 80.0 Å². The number of alkyl carbamates (subject to hydrolysis) is 1. The van der Waals surface area contributed by atoms with Crippen LogP contribution in [0.15, 0.2) is 77.8 Å². The van der Waals surface area contributed by atoms with Gasteiger partial charge in [0.15, 0.2) is 6.29 Å². The molecule has 2 heterocycles. The fourth-order valence-electron chi connectivity index (χ4n) is 6.73. The number of nitrogens with one attached hydrogen (secondary N) is 1. The first-order chi connectivity index (χ1) is 28.0. The number of carbonyl (C=O) groups excluding carboxylic acids is 3. The van der Waals surface area contributed by atoms with E-state index in [0.29, 0.717) is 17.0 Å². The topological polar surface area (TPSA) is 212 Å². The van der Waals surface area contributed by atoms with Crippen molar-refractivity contribution in [3.63, 3.8) is 0 Å². The quantitative estimate of drug-likeness (QED) is 0.0574. The van der Waals surface area contributed by atoms with Gasteiger partial charge in [-0.2, -0.15) is 0 Å². The third kappa shape index (κ3) is 18.4. The number of aromatic nitrogens is 2. The van der Waals surface area contributed by atoms with Crippen LogP contribution in [0.25, 0.3) is 0 Å². The SMILES string of the molecule is CCCC(O[C@@H](C[C@H](Cc1ccccc1)N(C(=O)N(C)Cc1csc(C(C)C)n1)[C@H](C(N)=O)C(C)C)[C@H](Cc1ccccc1)NC(=O)OCc1cncs1)OP(=O)([O-])[O-].[Na+].[Na+]. The summed E-state index contributed by atoms with van der Waals surface area (Å²) >= 11 is 2.81. The molecule has 4 amide bonds. The maximum Gasteiger partial charge on any atom is 1.00 e. The predicted octanol–water partition coefficient (Wildman–Crippen LogP) is -0.00950. The van der Waals surface area contributed by atoms with Crippen molar-refractivity contribution in [3.8, 4) is 0 Å². The number of thiazole rings is 2. The zero-order chi connectivity index (χ0) is 43.1. The molecule has 0 fully saturated rings. The van der Waals surface area contributed by atoms with Crippen molar-refractivity contribution in [1.29, 1.82) is 0 Å². The molecule has 0 bridgehead atoms. The van der Waals surface area contributed by atoms with Gasteiger partial charge in [-0.05, 0) is 42.7 Å². The second-order valence-corrected chi connectivity index (χ2v) is 17.9. The van der Waals surface area contributed by atoms with Crippen molar-refractivity contribution in [3.05, 3.63) is 104 Å². The summed E-state index contributed by atoms with van der Waals surface area (Å²) < 4.78 is 29.1. The smallest absolute Gasteiger partial charge is 0.790 e. The third-order valence-electron chi connectivity index (χ3n) is 9.42. The number of benzene rings is 2. The summed E-state index contributed by atoms with van der Waals surface area (Å²) in [6, 6.07) is 15.1. The first-order valence-corrected chi connectivity index (χ1v) is 22.8. The maximum atomic E-state index is 14.9. The van der Waals surface area contributed by atoms with Gasteiger partial charge in [0.05, 0.1) is 47.6 Å². The molecule has 20 heteroatoms. The minimum atomic E-state index is -5.57. The second-order valence-electron chi connectivity index (χ2n) is 15.0. The van der Waals surface area contributed by atoms with E-state index in [0.717, 1.165) is 16.1 Å². The number of phosphoric ester groups is 1. The Morgan fingerprint density at radius 1 is 0.951 bits per heavy atom. The molecule has 322 valence electrons. The van der Waals surface area contributed by atoms with E-state index in [2.05, 4.69) is 10.3 Å². The van der Waals surface area contributed by atoms with E-state index in [1.807, 2.05) is 79.9 Å². The van der Waals surface area contributed by atoms with Crippen molar-refractivity contribution in [1.82, 2.24) is 25.1 Å². The molecule has 0 spiro atoms. The third-order valence-corrected chi connectivity index (χ3v) is 11.9. The average molecular weight is 917 g/mol. The van der Waals surface area contributed by atoms with E-state index >= 15 is 0 Å². The van der Waals surface area contributed by atoms with Crippen LogP contribution in [0.3, 0.4) is 0 Å². The number of carbonyl (C=O) groups is 3. The molecule has 2 aromatic carbocycles. The Labute approximate surface area is 411 Å². The van der Waals surface area contributed by atoms with Gasteiger partial charge in [0, 0.05) is 30.6 Å². The van der Waals surface area contributed by atoms with Crippen LogP contribution >= 0.6 is 30.5 Å². The Morgan fingerprint density at radius 2 is 1.57 bits per heavy atom. The van der Waals surface area contributed by atoms with E-state index in [9.17, 15) is 28.7 Å². The molecule has 2 aromatic heterocycles. The normalized spacial score (nSPS) is 13.9. The molecule has 4 aromatic rings. The monoisotopic (exact) mass is 916 g/mol. The average Bonchev–Trinajstić information content (AvgIpc) is 3.88. The number of nitrogens with zero attached hydrogens (tertiary/aromatic N) is 4. The number of rotatable bonds is 23. The molecule has 0 saturated heterocycles. The van der Waals surface area contributed by atoms with Gasteiger partial charge in [-0.15, -0.1) is 22.7 Å². The first kappa shape index (κ1) is 54.9. The summed E-state index contributed by atoms with van der Waals surface area (Å²) in [5, 5.41) is 5.74. The summed E-state index contributed by atoms with van der Waals surface area (Å²) in [6.07, 6.45) is -1.25. The maximum absolute atomic E-state index is 14.9. The van der Waals surface area contributed by atoms with Gasteiger partial charge in [0.25, 0.3) is 0 Å². The molecule has 0 aliphatic heterocycles. The van der Waals surface area contributed by atoms with E-state index < -0.39 is 62.3 Å². The Bertz CT molecular complexity index is 1940. The molecule has 5 atom stereocenters. The van der Waals surface area contributed by atoms with Crippen LogP contribution in [-0.2, 0) is 49.4 Å². The number of urea groups is 1. The van der Waals surface area contributed by atoms with Crippen molar-refractivity contribution in [2.45, 2.75) is 116 Å². The summed E-state index contributed by atoms with van der Waals surface area (Å²) in [5.74, 6) is -0.986. The Morgan fingerprint density at radius 3 is 2.08 bits per heavy atom. The molecule has 3 N–H and O–H groups in total. The Balaban J connectivity index is 0.00000641. The standard InChI is InChI=1S/C41H57N6O9PS2.2Na/c1-7-14-36(56-57(51,52)53)55-35(34(20-30-17-12-9-13-18-30)45-40(49)54-24-33-22-43-26-59-33)21-32(19-29-15-10-8-11-16-29)47(37(27(2)3)38(42)48)41(50)46(6)23-31-25-58-39(44-31)28(4)5;;/h8-13,15-18,22,25-28,32,34-37H,7,14,19-21,23-24H2,1-6H3,(H2,42,48)(H,45,49)(H2,51,52,53);;/q;2*+1/p-2/t32-,34-,35-,36?,37-;;/m0../s1. The minimum absolute atomic E-state index is 0. The largest absolute Gasteiger partial charge is 1.00 e. The number of primary amides is 1. The van der Waals surface area contributed by atoms with Crippen LogP contribution in [0.4, 0.5) is 9.59 Å². The van der Waals surface area contributed by atoms with Gasteiger partial charge < -0.3 is 49.2 Å². The van der Waals surface area contributed by atoms with Crippen molar-refractivity contribution >= 4 is 48.5 Å². The number of amides is 4. The first-order valence-electron chi connectivity index (χ1n) is 19.6. The molecule has 4 rings (SSSR count). The zero-order valence-corrected chi connectivity index (χ0v) is 42.8. The molecule has 15 nitrogen and oxygen atoms in total. The zero-order valence-electron chi connectivity index (χ0n) is 36.3. The number of ether oxygens (including phenoxy) is 2. The van der Waals surface area contributed by atoms with Crippen LogP contribution in [0.5, 0.6) is 0 Å². The summed E-state index contributed by atoms with van der Waals surface area (Å²) in [5.41, 5.74) is 10.0. The molecule has 1 unspecified atom stereocenters. The number of hydrogen-bond acceptors (Lipinski definition) is 13. The molecule has 0 radical (unpaired) electrons. The molecule has 0 aliphatic carbocycles. The molecule has 0 aliphatic rings. The van der Waals surface area contributed by atoms with Crippen LogP contribution in [-0.4, -0.2) is 75.4 Å². The Hall–Kier alpha value is -2.22. The summed E-state index contributed by atoms with van der Waals surface area (Å²) in [4.78, 5) is 78.5. The molecule has 61 heavy (non-hydrogen) atoms. The van der Waals surface area contributed by atoms with Gasteiger partial charge in [-0.25, -0.2) is 14.6 Å². The van der Waals surface area contributed by atoms with Gasteiger partial charge in [0.2, 0.25) is 5.91 Å². The van der Waals surface area contributed by atoms with E-state index in [-0.39, 0.29) is 104 Å². The van der Waals surface area contributed by atoms with Crippen LogP contribution in [0, 0.1) is 5.92 Å². The van der Waals surface area contributed by atoms with Crippen molar-refractivity contribution in [2.24, 2.45) is 11.7 Å². The fraction of sp³-hybridized carbons (Fsp3) is 0.488. The van der Waals surface area contributed by atoms with Gasteiger partial charge in [-0.1, -0.05) is 102 Å². The summed E-state index contributed by atoms with van der Waals surface area (Å²) in [6.45, 7) is 9.51. The molecular formula is C41H55N6Na2O9PS2. The van der Waals surface area contributed by atoms with Gasteiger partial charge >= 0.3 is 71.2 Å². The van der Waals surface area contributed by atoms with E-state index in [1.54, 1.807) is 39.5 Å². The Kier molecular flexibility index (Phi) is 24.5. The summed E-state index contributed by atoms with van der Waals surface area (Å²) in [7, 11) is -3.94. The fourth-order valence-corrected chi connectivity index (χ4v) is 8.50.